The number of amides is 1. The molecular weight excluding hydrogens is 154 g/mol. The molecule has 1 heterocycles. The summed E-state index contributed by atoms with van der Waals surface area (Å²) in [5.41, 5.74) is 6.18. The van der Waals surface area contributed by atoms with E-state index in [1.54, 1.807) is 0 Å². The third kappa shape index (κ3) is 1.13. The first kappa shape index (κ1) is 7.46. The van der Waals surface area contributed by atoms with E-state index in [4.69, 9.17) is 5.73 Å². The van der Waals surface area contributed by atoms with Gasteiger partial charge in [0.05, 0.1) is 12.1 Å². The average Bonchev–Trinajstić information content (AvgIpc) is 2.60. The minimum atomic E-state index is -0.217. The molecule has 0 radical (unpaired) electrons. The van der Waals surface area contributed by atoms with Gasteiger partial charge in [0.25, 0.3) is 0 Å². The highest BCUT2D eigenvalue weighted by molar-refractivity contribution is 5.83. The van der Waals surface area contributed by atoms with E-state index in [0.29, 0.717) is 0 Å². The van der Waals surface area contributed by atoms with Gasteiger partial charge in [-0.05, 0) is 12.8 Å². The van der Waals surface area contributed by atoms with E-state index < -0.39 is 0 Å². The molecule has 66 valence electrons. The van der Waals surface area contributed by atoms with Crippen molar-refractivity contribution in [1.29, 1.82) is 0 Å². The van der Waals surface area contributed by atoms with Gasteiger partial charge in [0, 0.05) is 18.3 Å². The van der Waals surface area contributed by atoms with Gasteiger partial charge in [-0.25, -0.2) is 0 Å². The Bertz CT molecular complexity index is 243. The molecule has 0 atom stereocenters. The zero-order chi connectivity index (χ0) is 8.60. The van der Waals surface area contributed by atoms with Crippen LogP contribution in [0, 0.1) is 5.41 Å². The summed E-state index contributed by atoms with van der Waals surface area (Å²) in [7, 11) is 0. The first-order valence-corrected chi connectivity index (χ1v) is 4.19. The molecule has 0 aromatic rings. The molecule has 1 aliphatic heterocycles. The number of allylic oxidation sites excluding steroid dienone is 1. The van der Waals surface area contributed by atoms with Crippen LogP contribution in [0.25, 0.3) is 0 Å². The van der Waals surface area contributed by atoms with Crippen molar-refractivity contribution in [3.63, 3.8) is 0 Å². The Morgan fingerprint density at radius 3 is 2.83 bits per heavy atom. The quantitative estimate of drug-likeness (QED) is 0.537. The first-order valence-electron chi connectivity index (χ1n) is 4.19. The number of rotatable bonds is 3. The van der Waals surface area contributed by atoms with Crippen LogP contribution >= 0.6 is 0 Å². The van der Waals surface area contributed by atoms with Gasteiger partial charge in [-0.2, -0.15) is 0 Å². The summed E-state index contributed by atoms with van der Waals surface area (Å²) >= 11 is 0. The van der Waals surface area contributed by atoms with Crippen molar-refractivity contribution in [3.05, 3.63) is 11.9 Å². The molecule has 0 aromatic heterocycles. The Morgan fingerprint density at radius 1 is 1.67 bits per heavy atom. The second-order valence-electron chi connectivity index (χ2n) is 3.55. The lowest BCUT2D eigenvalue weighted by Gasteiger charge is -2.10. The highest BCUT2D eigenvalue weighted by atomic mass is 16.1. The number of hydrogen-bond donors (Lipinski definition) is 3. The molecule has 4 heteroatoms. The number of nitrogens with one attached hydrogen (secondary N) is 2. The van der Waals surface area contributed by atoms with E-state index >= 15 is 0 Å². The predicted octanol–water partition coefficient (Wildman–Crippen LogP) is -0.366. The summed E-state index contributed by atoms with van der Waals surface area (Å²) in [4.78, 5) is 11.0. The SMILES string of the molecule is NC(=O)C1(CC2=CNCN2)CC1. The summed E-state index contributed by atoms with van der Waals surface area (Å²) in [5, 5.41) is 6.19. The number of nitrogens with two attached hydrogens (primary N) is 1. The maximum Gasteiger partial charge on any atom is 0.224 e. The molecule has 1 fully saturated rings. The Balaban J connectivity index is 1.98. The molecule has 4 N–H and O–H groups in total. The predicted molar refractivity (Wildman–Crippen MR) is 44.7 cm³/mol. The molecular formula is C8H13N3O. The maximum absolute atomic E-state index is 11.0. The second kappa shape index (κ2) is 2.40. The van der Waals surface area contributed by atoms with Crippen molar-refractivity contribution < 1.29 is 4.79 Å². The van der Waals surface area contributed by atoms with Crippen LogP contribution in [0.5, 0.6) is 0 Å². The Hall–Kier alpha value is -1.19. The van der Waals surface area contributed by atoms with Crippen LogP contribution in [0.4, 0.5) is 0 Å². The summed E-state index contributed by atoms with van der Waals surface area (Å²) < 4.78 is 0. The van der Waals surface area contributed by atoms with Crippen LogP contribution in [-0.4, -0.2) is 12.6 Å². The summed E-state index contributed by atoms with van der Waals surface area (Å²) in [6.07, 6.45) is 4.58. The molecule has 2 rings (SSSR count). The fraction of sp³-hybridized carbons (Fsp3) is 0.625. The molecule has 0 spiro atoms. The smallest absolute Gasteiger partial charge is 0.224 e. The van der Waals surface area contributed by atoms with Crippen molar-refractivity contribution in [3.8, 4) is 0 Å². The van der Waals surface area contributed by atoms with Crippen molar-refractivity contribution in [2.24, 2.45) is 11.1 Å². The molecule has 1 saturated carbocycles. The Morgan fingerprint density at radius 2 is 2.42 bits per heavy atom. The highest BCUT2D eigenvalue weighted by Crippen LogP contribution is 2.49. The molecule has 0 saturated heterocycles. The third-order valence-corrected chi connectivity index (χ3v) is 2.60. The van der Waals surface area contributed by atoms with Gasteiger partial charge in [0.1, 0.15) is 0 Å². The lowest BCUT2D eigenvalue weighted by Crippen LogP contribution is -2.27. The van der Waals surface area contributed by atoms with Crippen molar-refractivity contribution in [2.75, 3.05) is 6.67 Å². The van der Waals surface area contributed by atoms with Crippen LogP contribution < -0.4 is 16.4 Å². The molecule has 0 aromatic carbocycles. The lowest BCUT2D eigenvalue weighted by atomic mass is 10.0. The molecule has 0 bridgehead atoms. The van der Waals surface area contributed by atoms with Crippen molar-refractivity contribution in [2.45, 2.75) is 19.3 Å². The van der Waals surface area contributed by atoms with Crippen LogP contribution in [0.1, 0.15) is 19.3 Å². The van der Waals surface area contributed by atoms with Gasteiger partial charge >= 0.3 is 0 Å². The van der Waals surface area contributed by atoms with Crippen LogP contribution in [-0.2, 0) is 4.79 Å². The monoisotopic (exact) mass is 167 g/mol. The fourth-order valence-corrected chi connectivity index (χ4v) is 1.53. The van der Waals surface area contributed by atoms with Crippen molar-refractivity contribution in [1.82, 2.24) is 10.6 Å². The summed E-state index contributed by atoms with van der Waals surface area (Å²) in [5.74, 6) is -0.155. The average molecular weight is 167 g/mol. The van der Waals surface area contributed by atoms with E-state index in [1.165, 1.54) is 0 Å². The zero-order valence-electron chi connectivity index (χ0n) is 6.89. The zero-order valence-corrected chi connectivity index (χ0v) is 6.89. The molecule has 12 heavy (non-hydrogen) atoms. The number of primary amides is 1. The number of carbonyl (C=O) groups excluding carboxylic acids is 1. The van der Waals surface area contributed by atoms with Crippen LogP contribution in [0.15, 0.2) is 11.9 Å². The summed E-state index contributed by atoms with van der Waals surface area (Å²) in [6.45, 7) is 0.768. The van der Waals surface area contributed by atoms with E-state index in [-0.39, 0.29) is 11.3 Å². The largest absolute Gasteiger partial charge is 0.372 e. The first-order chi connectivity index (χ1) is 5.73. The van der Waals surface area contributed by atoms with Crippen molar-refractivity contribution >= 4 is 5.91 Å². The fourth-order valence-electron chi connectivity index (χ4n) is 1.53. The third-order valence-electron chi connectivity index (χ3n) is 2.60. The van der Waals surface area contributed by atoms with E-state index in [2.05, 4.69) is 10.6 Å². The van der Waals surface area contributed by atoms with E-state index in [1.807, 2.05) is 6.20 Å². The number of hydrogen-bond acceptors (Lipinski definition) is 3. The summed E-state index contributed by atoms with van der Waals surface area (Å²) in [6, 6.07) is 0. The minimum absolute atomic E-state index is 0.155. The molecule has 0 unspecified atom stereocenters. The molecule has 1 amide bonds. The standard InChI is InChI=1S/C8H13N3O/c9-7(12)8(1-2-8)3-6-4-10-5-11-6/h4,10-11H,1-3,5H2,(H2,9,12). The Labute approximate surface area is 71.2 Å². The van der Waals surface area contributed by atoms with Crippen LogP contribution in [0.2, 0.25) is 0 Å². The van der Waals surface area contributed by atoms with Gasteiger partial charge in [-0.3, -0.25) is 4.79 Å². The maximum atomic E-state index is 11.0. The van der Waals surface area contributed by atoms with E-state index in [9.17, 15) is 4.79 Å². The second-order valence-corrected chi connectivity index (χ2v) is 3.55. The van der Waals surface area contributed by atoms with Gasteiger partial charge in [-0.1, -0.05) is 0 Å². The van der Waals surface area contributed by atoms with E-state index in [0.717, 1.165) is 31.6 Å². The van der Waals surface area contributed by atoms with Gasteiger partial charge in [0.2, 0.25) is 5.91 Å². The van der Waals surface area contributed by atoms with Crippen LogP contribution in [0.3, 0.4) is 0 Å². The lowest BCUT2D eigenvalue weighted by molar-refractivity contribution is -0.123. The highest BCUT2D eigenvalue weighted by Gasteiger charge is 2.48. The topological polar surface area (TPSA) is 67.2 Å². The molecule has 2 aliphatic rings. The van der Waals surface area contributed by atoms with Gasteiger partial charge in [0.15, 0.2) is 0 Å². The number of carbonyl (C=O) groups is 1. The molecule has 1 aliphatic carbocycles. The normalized spacial score (nSPS) is 23.8. The molecule has 4 nitrogen and oxygen atoms in total. The van der Waals surface area contributed by atoms with Gasteiger partial charge in [-0.15, -0.1) is 0 Å². The minimum Gasteiger partial charge on any atom is -0.372 e. The Kier molecular flexibility index (Phi) is 1.49. The van der Waals surface area contributed by atoms with Gasteiger partial charge < -0.3 is 16.4 Å².